The SMILES string of the molecule is CCC1CN(CCOCCN(C)C2(CC(C)=O)CNC2)C1. The first-order valence-electron chi connectivity index (χ1n) is 8.27. The van der Waals surface area contributed by atoms with E-state index in [0.29, 0.717) is 6.42 Å². The van der Waals surface area contributed by atoms with Crippen molar-refractivity contribution in [3.05, 3.63) is 0 Å². The monoisotopic (exact) mass is 297 g/mol. The molecular weight excluding hydrogens is 266 g/mol. The van der Waals surface area contributed by atoms with Crippen LogP contribution in [0.5, 0.6) is 0 Å². The Balaban J connectivity index is 1.55. The van der Waals surface area contributed by atoms with Crippen molar-refractivity contribution in [1.82, 2.24) is 15.1 Å². The molecule has 5 heteroatoms. The molecule has 2 rings (SSSR count). The molecule has 2 fully saturated rings. The number of Topliss-reactive ketones (excluding diaryl/α,β-unsaturated/α-hetero) is 1. The Morgan fingerprint density at radius 3 is 2.62 bits per heavy atom. The molecule has 2 saturated heterocycles. The maximum atomic E-state index is 11.4. The third-order valence-electron chi connectivity index (χ3n) is 5.03. The van der Waals surface area contributed by atoms with Crippen molar-refractivity contribution in [3.63, 3.8) is 0 Å². The van der Waals surface area contributed by atoms with E-state index >= 15 is 0 Å². The van der Waals surface area contributed by atoms with Gasteiger partial charge in [0.25, 0.3) is 0 Å². The normalized spacial score (nSPS) is 22.1. The van der Waals surface area contributed by atoms with Crippen molar-refractivity contribution in [1.29, 1.82) is 0 Å². The standard InChI is InChI=1S/C16H31N3O2/c1-4-15-10-19(11-15)6-8-21-7-5-18(3)16(9-14(2)20)12-17-13-16/h15,17H,4-13H2,1-3H3. The number of carbonyl (C=O) groups is 1. The van der Waals surface area contributed by atoms with E-state index < -0.39 is 0 Å². The maximum absolute atomic E-state index is 11.4. The molecule has 0 bridgehead atoms. The van der Waals surface area contributed by atoms with Gasteiger partial charge in [-0.25, -0.2) is 0 Å². The summed E-state index contributed by atoms with van der Waals surface area (Å²) in [5.41, 5.74) is 0.0288. The summed E-state index contributed by atoms with van der Waals surface area (Å²) in [4.78, 5) is 16.2. The number of rotatable bonds is 10. The Kier molecular flexibility index (Phi) is 6.17. The van der Waals surface area contributed by atoms with Gasteiger partial charge in [-0.05, 0) is 19.9 Å². The molecule has 0 saturated carbocycles. The van der Waals surface area contributed by atoms with Gasteiger partial charge in [-0.15, -0.1) is 0 Å². The third kappa shape index (κ3) is 4.49. The minimum absolute atomic E-state index is 0.0288. The highest BCUT2D eigenvalue weighted by molar-refractivity contribution is 5.77. The highest BCUT2D eigenvalue weighted by Gasteiger charge is 2.41. The summed E-state index contributed by atoms with van der Waals surface area (Å²) in [7, 11) is 2.11. The lowest BCUT2D eigenvalue weighted by atomic mass is 9.85. The van der Waals surface area contributed by atoms with Crippen molar-refractivity contribution < 1.29 is 9.53 Å². The van der Waals surface area contributed by atoms with Gasteiger partial charge in [-0.1, -0.05) is 13.3 Å². The van der Waals surface area contributed by atoms with E-state index in [1.165, 1.54) is 19.5 Å². The summed E-state index contributed by atoms with van der Waals surface area (Å²) in [5.74, 6) is 1.18. The van der Waals surface area contributed by atoms with Gasteiger partial charge in [-0.2, -0.15) is 0 Å². The van der Waals surface area contributed by atoms with Crippen LogP contribution in [0.25, 0.3) is 0 Å². The number of likely N-dealkylation sites (tertiary alicyclic amines) is 1. The molecule has 21 heavy (non-hydrogen) atoms. The first kappa shape index (κ1) is 16.9. The molecule has 0 radical (unpaired) electrons. The van der Waals surface area contributed by atoms with Gasteiger partial charge in [0.15, 0.2) is 0 Å². The topological polar surface area (TPSA) is 44.8 Å². The van der Waals surface area contributed by atoms with Crippen LogP contribution in [0, 0.1) is 5.92 Å². The maximum Gasteiger partial charge on any atom is 0.131 e. The van der Waals surface area contributed by atoms with E-state index in [4.69, 9.17) is 4.74 Å². The Bertz CT molecular complexity index is 338. The number of ether oxygens (including phenoxy) is 1. The van der Waals surface area contributed by atoms with Crippen molar-refractivity contribution in [2.75, 3.05) is 59.5 Å². The van der Waals surface area contributed by atoms with E-state index in [-0.39, 0.29) is 11.3 Å². The minimum atomic E-state index is 0.0288. The summed E-state index contributed by atoms with van der Waals surface area (Å²) in [5, 5.41) is 3.29. The zero-order valence-corrected chi connectivity index (χ0v) is 13.9. The van der Waals surface area contributed by atoms with Gasteiger partial charge >= 0.3 is 0 Å². The fraction of sp³-hybridized carbons (Fsp3) is 0.938. The predicted molar refractivity (Wildman–Crippen MR) is 84.6 cm³/mol. The quantitative estimate of drug-likeness (QED) is 0.598. The van der Waals surface area contributed by atoms with E-state index in [1.807, 2.05) is 0 Å². The summed E-state index contributed by atoms with van der Waals surface area (Å²) in [6.07, 6.45) is 1.94. The lowest BCUT2D eigenvalue weighted by Crippen LogP contribution is -2.68. The van der Waals surface area contributed by atoms with Gasteiger partial charge in [0.1, 0.15) is 5.78 Å². The highest BCUT2D eigenvalue weighted by Crippen LogP contribution is 2.23. The number of hydrogen-bond donors (Lipinski definition) is 1. The average molecular weight is 297 g/mol. The molecule has 0 amide bonds. The molecule has 1 N–H and O–H groups in total. The van der Waals surface area contributed by atoms with E-state index in [1.54, 1.807) is 6.92 Å². The number of hydrogen-bond acceptors (Lipinski definition) is 5. The van der Waals surface area contributed by atoms with Crippen LogP contribution in [0.3, 0.4) is 0 Å². The molecular formula is C16H31N3O2. The van der Waals surface area contributed by atoms with Crippen LogP contribution >= 0.6 is 0 Å². The summed E-state index contributed by atoms with van der Waals surface area (Å²) < 4.78 is 5.76. The lowest BCUT2D eigenvalue weighted by Gasteiger charge is -2.49. The van der Waals surface area contributed by atoms with Crippen molar-refractivity contribution in [2.45, 2.75) is 32.2 Å². The van der Waals surface area contributed by atoms with E-state index in [9.17, 15) is 4.79 Å². The zero-order valence-electron chi connectivity index (χ0n) is 13.9. The van der Waals surface area contributed by atoms with Gasteiger partial charge in [-0.3, -0.25) is 9.69 Å². The largest absolute Gasteiger partial charge is 0.379 e. The van der Waals surface area contributed by atoms with Crippen molar-refractivity contribution >= 4 is 5.78 Å². The Hall–Kier alpha value is -0.490. The molecule has 5 nitrogen and oxygen atoms in total. The second kappa shape index (κ2) is 7.68. The molecule has 0 unspecified atom stereocenters. The lowest BCUT2D eigenvalue weighted by molar-refractivity contribution is -0.121. The van der Waals surface area contributed by atoms with Crippen LogP contribution in [-0.2, 0) is 9.53 Å². The number of carbonyl (C=O) groups excluding carboxylic acids is 1. The number of ketones is 1. The van der Waals surface area contributed by atoms with Crippen LogP contribution < -0.4 is 5.32 Å². The summed E-state index contributed by atoms with van der Waals surface area (Å²) in [6.45, 7) is 11.8. The first-order valence-corrected chi connectivity index (χ1v) is 8.27. The molecule has 0 aliphatic carbocycles. The second-order valence-corrected chi connectivity index (χ2v) is 6.77. The predicted octanol–water partition coefficient (Wildman–Crippen LogP) is 0.598. The molecule has 0 aromatic heterocycles. The number of nitrogens with one attached hydrogen (secondary N) is 1. The van der Waals surface area contributed by atoms with Crippen LogP contribution in [-0.4, -0.2) is 80.7 Å². The Morgan fingerprint density at radius 1 is 1.38 bits per heavy atom. The molecule has 2 heterocycles. The molecule has 0 atom stereocenters. The van der Waals surface area contributed by atoms with Crippen LogP contribution in [0.4, 0.5) is 0 Å². The molecule has 0 spiro atoms. The summed E-state index contributed by atoms with van der Waals surface area (Å²) in [6, 6.07) is 0. The van der Waals surface area contributed by atoms with E-state index in [0.717, 1.165) is 45.3 Å². The average Bonchev–Trinajstić information content (AvgIpc) is 2.35. The fourth-order valence-electron chi connectivity index (χ4n) is 3.26. The molecule has 122 valence electrons. The smallest absolute Gasteiger partial charge is 0.131 e. The van der Waals surface area contributed by atoms with Crippen molar-refractivity contribution in [3.8, 4) is 0 Å². The highest BCUT2D eigenvalue weighted by atomic mass is 16.5. The van der Waals surface area contributed by atoms with Crippen molar-refractivity contribution in [2.24, 2.45) is 5.92 Å². The van der Waals surface area contributed by atoms with Gasteiger partial charge < -0.3 is 15.0 Å². The third-order valence-corrected chi connectivity index (χ3v) is 5.03. The summed E-state index contributed by atoms with van der Waals surface area (Å²) >= 11 is 0. The number of likely N-dealkylation sites (N-methyl/N-ethyl adjacent to an activating group) is 1. The molecule has 2 aliphatic heterocycles. The van der Waals surface area contributed by atoms with Gasteiger partial charge in [0, 0.05) is 45.7 Å². The Labute approximate surface area is 129 Å². The fourth-order valence-corrected chi connectivity index (χ4v) is 3.26. The zero-order chi connectivity index (χ0) is 15.3. The first-order chi connectivity index (χ1) is 10.1. The molecule has 0 aromatic carbocycles. The van der Waals surface area contributed by atoms with Crippen LogP contribution in [0.15, 0.2) is 0 Å². The number of nitrogens with zero attached hydrogens (tertiary/aromatic N) is 2. The second-order valence-electron chi connectivity index (χ2n) is 6.77. The molecule has 2 aliphatic rings. The van der Waals surface area contributed by atoms with Crippen LogP contribution in [0.1, 0.15) is 26.7 Å². The van der Waals surface area contributed by atoms with Gasteiger partial charge in [0.05, 0.1) is 18.8 Å². The van der Waals surface area contributed by atoms with E-state index in [2.05, 4.69) is 29.1 Å². The Morgan fingerprint density at radius 2 is 2.10 bits per heavy atom. The van der Waals surface area contributed by atoms with Gasteiger partial charge in [0.2, 0.25) is 0 Å². The van der Waals surface area contributed by atoms with Crippen LogP contribution in [0.2, 0.25) is 0 Å². The molecule has 0 aromatic rings. The minimum Gasteiger partial charge on any atom is -0.379 e.